The first-order valence-corrected chi connectivity index (χ1v) is 3.03. The molecule has 0 spiro atoms. The largest absolute Gasteiger partial charge is 0.870 e. The van der Waals surface area contributed by atoms with Crippen molar-refractivity contribution in [1.82, 2.24) is 0 Å². The van der Waals surface area contributed by atoms with Crippen LogP contribution < -0.4 is 0 Å². The summed E-state index contributed by atoms with van der Waals surface area (Å²) < 4.78 is 33.5. The molecule has 0 saturated carbocycles. The minimum Gasteiger partial charge on any atom is -0.870 e. The van der Waals surface area contributed by atoms with Crippen LogP contribution in [0.5, 0.6) is 0 Å². The number of nitrogens with zero attached hydrogens (tertiary/aromatic N) is 1. The second-order valence-corrected chi connectivity index (χ2v) is 2.23. The molecule has 0 bridgehead atoms. The van der Waals surface area contributed by atoms with E-state index in [1.54, 1.807) is 0 Å². The minimum atomic E-state index is -4.52. The van der Waals surface area contributed by atoms with Crippen molar-refractivity contribution < 1.29 is 33.7 Å². The fourth-order valence-corrected chi connectivity index (χ4v) is 0.291. The molecule has 6 heteroatoms. The molecule has 0 atom stereocenters. The van der Waals surface area contributed by atoms with Crippen LogP contribution >= 0.6 is 0 Å². The monoisotopic (exact) mass is 223 g/mol. The zero-order chi connectivity index (χ0) is 9.07. The number of rotatable bonds is 2. The molecule has 0 aromatic heterocycles. The molecule has 0 fully saturated rings. The van der Waals surface area contributed by atoms with Gasteiger partial charge in [0.1, 0.15) is 0 Å². The second kappa shape index (κ2) is 5.22. The summed E-state index contributed by atoms with van der Waals surface area (Å²) in [6.07, 6.45) is -3.64. The maximum absolute atomic E-state index is 11.6. The number of aliphatic imine (C=N–C) groups is 1. The Bertz CT molecular complexity index is 209. The van der Waals surface area contributed by atoms with Crippen molar-refractivity contribution in [2.45, 2.75) is 13.1 Å². The van der Waals surface area contributed by atoms with Gasteiger partial charge in [-0.1, -0.05) is 0 Å². The molecular formula is C6H6F3NNiO-2. The van der Waals surface area contributed by atoms with Gasteiger partial charge < -0.3 is 5.48 Å². The predicted molar refractivity (Wildman–Crippen MR) is 35.0 cm³/mol. The summed E-state index contributed by atoms with van der Waals surface area (Å²) >= 11 is 3.62. The van der Waals surface area contributed by atoms with E-state index in [9.17, 15) is 13.2 Å². The fraction of sp³-hybridized carbons (Fsp3) is 0.333. The van der Waals surface area contributed by atoms with Crippen LogP contribution in [-0.2, 0) is 15.0 Å². The molecule has 0 aromatic carbocycles. The van der Waals surface area contributed by atoms with Gasteiger partial charge in [0.25, 0.3) is 0 Å². The Morgan fingerprint density at radius 3 is 2.17 bits per heavy atom. The fourth-order valence-electron chi connectivity index (χ4n) is 0.228. The number of hydrogen-bond donors (Lipinski definition) is 0. The van der Waals surface area contributed by atoms with Gasteiger partial charge in [0.05, 0.1) is 0 Å². The molecule has 2 nitrogen and oxygen atoms in total. The Kier molecular flexibility index (Phi) is 6.12. The maximum Gasteiger partial charge on any atom is -0.870 e. The Labute approximate surface area is 75.4 Å². The van der Waals surface area contributed by atoms with E-state index in [1.165, 1.54) is 6.92 Å². The number of allylic oxidation sites excluding steroid dienone is 1. The van der Waals surface area contributed by atoms with E-state index in [2.05, 4.69) is 20.0 Å². The van der Waals surface area contributed by atoms with Crippen molar-refractivity contribution >= 4 is 10.8 Å². The van der Waals surface area contributed by atoms with Gasteiger partial charge in [0.15, 0.2) is 0 Å². The van der Waals surface area contributed by atoms with E-state index in [-0.39, 0.29) is 11.0 Å². The van der Waals surface area contributed by atoms with Gasteiger partial charge in [-0.2, -0.15) is 0 Å². The SMILES string of the molecule is [CH-]=C(C)C=N[C](=[Ni])C(F)(F)F.[OH-]. The topological polar surface area (TPSA) is 42.4 Å². The third-order valence-corrected chi connectivity index (χ3v) is 0.997. The maximum atomic E-state index is 11.6. The number of hydrogen-bond acceptors (Lipinski definition) is 2. The van der Waals surface area contributed by atoms with Crippen LogP contribution in [0.15, 0.2) is 10.6 Å². The Hall–Kier alpha value is -0.476. The van der Waals surface area contributed by atoms with E-state index < -0.39 is 10.8 Å². The van der Waals surface area contributed by atoms with Gasteiger partial charge in [-0.05, 0) is 0 Å². The summed E-state index contributed by atoms with van der Waals surface area (Å²) in [7, 11) is 0. The molecule has 12 heavy (non-hydrogen) atoms. The third-order valence-electron chi connectivity index (χ3n) is 0.590. The normalized spacial score (nSPS) is 11.2. The molecule has 0 unspecified atom stereocenters. The van der Waals surface area contributed by atoms with Gasteiger partial charge in [-0.15, -0.1) is 0 Å². The molecule has 1 N–H and O–H groups in total. The van der Waals surface area contributed by atoms with Crippen molar-refractivity contribution in [2.75, 3.05) is 0 Å². The molecule has 0 radical (unpaired) electrons. The van der Waals surface area contributed by atoms with Gasteiger partial charge in [-0.3, -0.25) is 0 Å². The van der Waals surface area contributed by atoms with Crippen molar-refractivity contribution in [1.29, 1.82) is 0 Å². The van der Waals surface area contributed by atoms with Crippen LogP contribution in [-0.4, -0.2) is 22.5 Å². The summed E-state index contributed by atoms with van der Waals surface area (Å²) in [4.78, 5) is 2.93. The van der Waals surface area contributed by atoms with E-state index in [0.717, 1.165) is 6.21 Å². The molecular weight excluding hydrogens is 218 g/mol. The van der Waals surface area contributed by atoms with Gasteiger partial charge in [-0.25, -0.2) is 0 Å². The van der Waals surface area contributed by atoms with Gasteiger partial charge >= 0.3 is 69.3 Å². The summed E-state index contributed by atoms with van der Waals surface area (Å²) in [6.45, 7) is 6.45. The molecule has 0 aliphatic rings. The Balaban J connectivity index is 0. The number of halogens is 3. The Morgan fingerprint density at radius 1 is 1.50 bits per heavy atom. The molecule has 0 aliphatic carbocycles. The molecule has 74 valence electrons. The third kappa shape index (κ3) is 6.25. The minimum absolute atomic E-state index is 0. The zero-order valence-electron chi connectivity index (χ0n) is 6.00. The van der Waals surface area contributed by atoms with Crippen molar-refractivity contribution in [3.05, 3.63) is 12.2 Å². The first-order valence-electron chi connectivity index (χ1n) is 2.53. The van der Waals surface area contributed by atoms with Crippen LogP contribution in [0.1, 0.15) is 6.92 Å². The van der Waals surface area contributed by atoms with Crippen molar-refractivity contribution in [3.63, 3.8) is 0 Å². The first kappa shape index (κ1) is 14.1. The Morgan fingerprint density at radius 2 is 1.92 bits per heavy atom. The molecule has 0 heterocycles. The number of alkyl halides is 3. The molecule has 0 aliphatic heterocycles. The summed E-state index contributed by atoms with van der Waals surface area (Å²) in [6, 6.07) is 0. The van der Waals surface area contributed by atoms with Crippen LogP contribution in [0.4, 0.5) is 13.2 Å². The second-order valence-electron chi connectivity index (χ2n) is 1.76. The van der Waals surface area contributed by atoms with E-state index >= 15 is 0 Å². The summed E-state index contributed by atoms with van der Waals surface area (Å²) in [5, 5.41) is 0. The van der Waals surface area contributed by atoms with Crippen LogP contribution in [0.3, 0.4) is 0 Å². The molecule has 0 rings (SSSR count). The average molecular weight is 224 g/mol. The van der Waals surface area contributed by atoms with E-state index in [4.69, 9.17) is 6.58 Å². The van der Waals surface area contributed by atoms with Crippen molar-refractivity contribution in [2.24, 2.45) is 4.99 Å². The summed E-state index contributed by atoms with van der Waals surface area (Å²) in [5.74, 6) is 0. The van der Waals surface area contributed by atoms with Crippen LogP contribution in [0.25, 0.3) is 0 Å². The van der Waals surface area contributed by atoms with Crippen molar-refractivity contribution in [3.8, 4) is 0 Å². The summed E-state index contributed by atoms with van der Waals surface area (Å²) in [5.41, 5.74) is 0.184. The molecule has 0 saturated heterocycles. The van der Waals surface area contributed by atoms with Gasteiger partial charge in [0.2, 0.25) is 0 Å². The van der Waals surface area contributed by atoms with Gasteiger partial charge in [0, 0.05) is 0 Å². The average Bonchev–Trinajstić information content (AvgIpc) is 1.80. The molecule has 0 aromatic rings. The first-order chi connectivity index (χ1) is 4.84. The quantitative estimate of drug-likeness (QED) is 0.398. The van der Waals surface area contributed by atoms with Crippen LogP contribution in [0, 0.1) is 6.58 Å². The smallest absolute Gasteiger partial charge is 0.870 e. The van der Waals surface area contributed by atoms with E-state index in [1.807, 2.05) is 0 Å². The van der Waals surface area contributed by atoms with Crippen LogP contribution in [0.2, 0.25) is 0 Å². The van der Waals surface area contributed by atoms with E-state index in [0.29, 0.717) is 0 Å². The predicted octanol–water partition coefficient (Wildman–Crippen LogP) is 1.50. The molecule has 0 amide bonds. The standard InChI is InChI=1S/C6H5F3N.Ni.H2O/c1-5(2)3-10-4-6(7,8)9;;/h1,3H,2H3;;1H2/q-1;;/p-1. The zero-order valence-corrected chi connectivity index (χ0v) is 6.99.